The first-order chi connectivity index (χ1) is 28.8. The number of rotatable bonds is 4. The Hall–Kier alpha value is -7.82. The first kappa shape index (κ1) is 31.4. The summed E-state index contributed by atoms with van der Waals surface area (Å²) in [5.41, 5.74) is 13.5. The van der Waals surface area contributed by atoms with E-state index in [4.69, 9.17) is 9.97 Å². The van der Waals surface area contributed by atoms with Gasteiger partial charge in [0.25, 0.3) is 0 Å². The summed E-state index contributed by atoms with van der Waals surface area (Å²) in [6.07, 6.45) is 0. The minimum atomic E-state index is 0.700. The van der Waals surface area contributed by atoms with Crippen LogP contribution in [0.5, 0.6) is 0 Å². The molecule has 58 heavy (non-hydrogen) atoms. The van der Waals surface area contributed by atoms with Gasteiger partial charge in [-0.15, -0.1) is 0 Å². The number of nitrogens with zero attached hydrogens (tertiary/aromatic N) is 4. The van der Waals surface area contributed by atoms with Crippen molar-refractivity contribution < 1.29 is 0 Å². The van der Waals surface area contributed by atoms with Gasteiger partial charge >= 0.3 is 0 Å². The van der Waals surface area contributed by atoms with Gasteiger partial charge in [-0.3, -0.25) is 0 Å². The van der Waals surface area contributed by atoms with E-state index in [2.05, 4.69) is 203 Å². The first-order valence-electron chi connectivity index (χ1n) is 19.8. The van der Waals surface area contributed by atoms with Crippen molar-refractivity contribution in [3.63, 3.8) is 0 Å². The van der Waals surface area contributed by atoms with E-state index >= 15 is 0 Å². The Kier molecular flexibility index (Phi) is 6.41. The van der Waals surface area contributed by atoms with Crippen LogP contribution in [0.3, 0.4) is 0 Å². The minimum absolute atomic E-state index is 0.700. The van der Waals surface area contributed by atoms with Gasteiger partial charge in [0, 0.05) is 59.9 Å². The van der Waals surface area contributed by atoms with E-state index in [1.807, 2.05) is 0 Å². The van der Waals surface area contributed by atoms with Crippen molar-refractivity contribution in [1.82, 2.24) is 18.9 Å². The molecule has 4 heterocycles. The van der Waals surface area contributed by atoms with Crippen molar-refractivity contribution in [1.29, 1.82) is 0 Å². The molecule has 0 unspecified atom stereocenters. The van der Waals surface area contributed by atoms with E-state index in [0.29, 0.717) is 5.82 Å². The third-order valence-corrected chi connectivity index (χ3v) is 12.2. The third kappa shape index (κ3) is 4.34. The highest BCUT2D eigenvalue weighted by atomic mass is 15.0. The van der Waals surface area contributed by atoms with E-state index < -0.39 is 0 Å². The smallest absolute Gasteiger partial charge is 0.160 e. The fourth-order valence-electron chi connectivity index (χ4n) is 9.67. The molecule has 0 fully saturated rings. The zero-order valence-corrected chi connectivity index (χ0v) is 31.3. The lowest BCUT2D eigenvalue weighted by Gasteiger charge is -2.14. The van der Waals surface area contributed by atoms with Crippen LogP contribution in [0.1, 0.15) is 0 Å². The van der Waals surface area contributed by atoms with E-state index in [1.165, 1.54) is 71.0 Å². The largest absolute Gasteiger partial charge is 0.309 e. The summed E-state index contributed by atoms with van der Waals surface area (Å²) >= 11 is 0. The van der Waals surface area contributed by atoms with Crippen molar-refractivity contribution >= 4 is 81.6 Å². The van der Waals surface area contributed by atoms with Gasteiger partial charge in [-0.2, -0.15) is 0 Å². The molecule has 0 radical (unpaired) electrons. The molecule has 0 aliphatic rings. The lowest BCUT2D eigenvalue weighted by atomic mass is 9.99. The number of benzene rings is 9. The van der Waals surface area contributed by atoms with Gasteiger partial charge in [0.05, 0.1) is 38.8 Å². The Morgan fingerprint density at radius 3 is 1.76 bits per heavy atom. The third-order valence-electron chi connectivity index (χ3n) is 12.2. The van der Waals surface area contributed by atoms with Crippen LogP contribution >= 0.6 is 0 Å². The average Bonchev–Trinajstić information content (AvgIpc) is 3.94. The highest BCUT2D eigenvalue weighted by Crippen LogP contribution is 2.46. The zero-order valence-electron chi connectivity index (χ0n) is 31.3. The Morgan fingerprint density at radius 1 is 0.345 bits per heavy atom. The molecular formula is C54H32N4. The number of para-hydroxylation sites is 3. The number of hydrogen-bond acceptors (Lipinski definition) is 2. The lowest BCUT2D eigenvalue weighted by molar-refractivity contribution is 1.18. The van der Waals surface area contributed by atoms with Gasteiger partial charge in [-0.25, -0.2) is 9.97 Å². The molecule has 9 aromatic carbocycles. The molecule has 0 saturated heterocycles. The summed E-state index contributed by atoms with van der Waals surface area (Å²) in [5.74, 6) is 0.700. The van der Waals surface area contributed by atoms with Gasteiger partial charge in [0.2, 0.25) is 0 Å². The molecular weight excluding hydrogens is 705 g/mol. The van der Waals surface area contributed by atoms with Crippen LogP contribution in [0.2, 0.25) is 0 Å². The number of hydrogen-bond donors (Lipinski definition) is 0. The summed E-state index contributed by atoms with van der Waals surface area (Å²) in [6, 6.07) is 69.9. The molecule has 0 atom stereocenters. The van der Waals surface area contributed by atoms with Crippen molar-refractivity contribution in [3.05, 3.63) is 194 Å². The van der Waals surface area contributed by atoms with Crippen LogP contribution < -0.4 is 0 Å². The standard InChI is InChI=1S/C54H32N4/c1-2-13-33(14-3-1)34-25-27-36(28-26-34)50-43-30-29-35-15-4-5-18-39(35)51(43)56-54(55-50)37-16-12-17-38(31-37)57-46-22-9-6-19-40(46)44-32-45-41-20-7-10-23-47(41)58-48-24-11-8-21-42(48)49(52(44)57)53(45)58/h1-32H. The van der Waals surface area contributed by atoms with Crippen LogP contribution in [0.25, 0.3) is 121 Å². The second kappa shape index (κ2) is 11.8. The van der Waals surface area contributed by atoms with Crippen molar-refractivity contribution in [3.8, 4) is 39.5 Å². The molecule has 0 amide bonds. The average molecular weight is 737 g/mol. The van der Waals surface area contributed by atoms with Crippen LogP contribution in [0, 0.1) is 0 Å². The predicted molar refractivity (Wildman–Crippen MR) is 242 cm³/mol. The normalized spacial score (nSPS) is 12.1. The topological polar surface area (TPSA) is 35.1 Å². The van der Waals surface area contributed by atoms with Gasteiger partial charge in [-0.1, -0.05) is 152 Å². The fraction of sp³-hybridized carbons (Fsp3) is 0. The molecule has 4 nitrogen and oxygen atoms in total. The maximum absolute atomic E-state index is 5.41. The molecule has 0 spiro atoms. The van der Waals surface area contributed by atoms with E-state index in [0.717, 1.165) is 44.2 Å². The van der Waals surface area contributed by atoms with Crippen molar-refractivity contribution in [2.75, 3.05) is 0 Å². The monoisotopic (exact) mass is 736 g/mol. The van der Waals surface area contributed by atoms with Gasteiger partial charge in [0.1, 0.15) is 0 Å². The molecule has 4 heteroatoms. The summed E-state index contributed by atoms with van der Waals surface area (Å²) in [6.45, 7) is 0. The maximum atomic E-state index is 5.41. The SMILES string of the molecule is c1ccc(-c2ccc(-c3nc(-c4cccc(-n5c6ccccc6c6cc7c8ccccc8n8c9ccccc9c(c65)c78)c4)nc4c3ccc3ccccc34)cc2)cc1. The first-order valence-corrected chi connectivity index (χ1v) is 19.8. The summed E-state index contributed by atoms with van der Waals surface area (Å²) in [5, 5.41) is 10.9. The summed E-state index contributed by atoms with van der Waals surface area (Å²) < 4.78 is 4.93. The Labute approximate surface area is 332 Å². The molecule has 13 aromatic rings. The molecule has 4 aromatic heterocycles. The highest BCUT2D eigenvalue weighted by Gasteiger charge is 2.24. The fourth-order valence-corrected chi connectivity index (χ4v) is 9.67. The van der Waals surface area contributed by atoms with Crippen LogP contribution in [-0.4, -0.2) is 18.9 Å². The highest BCUT2D eigenvalue weighted by molar-refractivity contribution is 6.34. The second-order valence-electron chi connectivity index (χ2n) is 15.3. The van der Waals surface area contributed by atoms with Crippen molar-refractivity contribution in [2.24, 2.45) is 0 Å². The molecule has 268 valence electrons. The molecule has 0 N–H and O–H groups in total. The van der Waals surface area contributed by atoms with Gasteiger partial charge in [-0.05, 0) is 59.0 Å². The molecule has 0 aliphatic heterocycles. The lowest BCUT2D eigenvalue weighted by Crippen LogP contribution is -1.98. The Morgan fingerprint density at radius 2 is 0.948 bits per heavy atom. The molecule has 0 bridgehead atoms. The zero-order chi connectivity index (χ0) is 37.9. The maximum Gasteiger partial charge on any atom is 0.160 e. The second-order valence-corrected chi connectivity index (χ2v) is 15.3. The van der Waals surface area contributed by atoms with Gasteiger partial charge < -0.3 is 8.97 Å². The Bertz CT molecular complexity index is 3780. The predicted octanol–water partition coefficient (Wildman–Crippen LogP) is 14.0. The van der Waals surface area contributed by atoms with E-state index in [9.17, 15) is 0 Å². The van der Waals surface area contributed by atoms with Gasteiger partial charge in [0.15, 0.2) is 5.82 Å². The molecule has 0 aliphatic carbocycles. The quantitative estimate of drug-likeness (QED) is 0.169. The van der Waals surface area contributed by atoms with Crippen LogP contribution in [-0.2, 0) is 0 Å². The van der Waals surface area contributed by atoms with Crippen LogP contribution in [0.15, 0.2) is 194 Å². The minimum Gasteiger partial charge on any atom is -0.309 e. The summed E-state index contributed by atoms with van der Waals surface area (Å²) in [7, 11) is 0. The van der Waals surface area contributed by atoms with Crippen molar-refractivity contribution in [2.45, 2.75) is 0 Å². The number of fused-ring (bicyclic) bond motifs is 13. The molecule has 13 rings (SSSR count). The summed E-state index contributed by atoms with van der Waals surface area (Å²) in [4.78, 5) is 10.8. The van der Waals surface area contributed by atoms with E-state index in [-0.39, 0.29) is 0 Å². The Balaban J connectivity index is 1.08. The molecule has 0 saturated carbocycles. The van der Waals surface area contributed by atoms with E-state index in [1.54, 1.807) is 0 Å². The number of aromatic nitrogens is 4. The van der Waals surface area contributed by atoms with Crippen LogP contribution in [0.4, 0.5) is 0 Å².